The number of aldehydes is 1. The summed E-state index contributed by atoms with van der Waals surface area (Å²) in [5, 5.41) is 79.3. The number of hydrogen-bond acceptors (Lipinski definition) is 16. The monoisotopic (exact) mass is 1140 g/mol. The van der Waals surface area contributed by atoms with Gasteiger partial charge in [-0.1, -0.05) is 67.6 Å². The van der Waals surface area contributed by atoms with Gasteiger partial charge in [0, 0.05) is 90.1 Å². The van der Waals surface area contributed by atoms with Gasteiger partial charge in [0.1, 0.15) is 72.9 Å². The van der Waals surface area contributed by atoms with Crippen molar-refractivity contribution >= 4 is 92.3 Å². The molecule has 8 N–H and O–H groups in total. The zero-order valence-corrected chi connectivity index (χ0v) is 45.3. The Kier molecular flexibility index (Phi) is 19.1. The second kappa shape index (κ2) is 26.1. The summed E-state index contributed by atoms with van der Waals surface area (Å²) in [5.74, 6) is -0.395. The smallest absolute Gasteiger partial charge is 0.251 e. The van der Waals surface area contributed by atoms with E-state index in [1.165, 1.54) is 12.2 Å². The molecular formula is C59H65Cl2N3O16. The summed E-state index contributed by atoms with van der Waals surface area (Å²) < 4.78 is 30.3. The number of benzene rings is 5. The first kappa shape index (κ1) is 58.5. The molecule has 12 atom stereocenters. The van der Waals surface area contributed by atoms with Crippen LogP contribution in [0, 0.1) is 0 Å². The highest BCUT2D eigenvalue weighted by molar-refractivity contribution is 6.20. The number of alkyl halides is 2. The van der Waals surface area contributed by atoms with Crippen LogP contribution in [-0.2, 0) is 28.7 Å². The van der Waals surface area contributed by atoms with E-state index in [1.54, 1.807) is 71.3 Å². The molecule has 4 aliphatic rings. The van der Waals surface area contributed by atoms with Crippen LogP contribution in [0.3, 0.4) is 0 Å². The lowest BCUT2D eigenvalue weighted by Gasteiger charge is -2.40. The molecular weight excluding hydrogens is 1080 g/mol. The zero-order chi connectivity index (χ0) is 56.8. The minimum absolute atomic E-state index is 0.0342. The number of amides is 3. The maximum absolute atomic E-state index is 14.4. The van der Waals surface area contributed by atoms with E-state index >= 15 is 0 Å². The highest BCUT2D eigenvalue weighted by Crippen LogP contribution is 2.48. The number of carbonyl (C=O) groups is 4. The molecule has 9 rings (SSSR count). The van der Waals surface area contributed by atoms with Crippen LogP contribution in [0.2, 0.25) is 0 Å². The summed E-state index contributed by atoms with van der Waals surface area (Å²) in [6.07, 6.45) is -5.30. The van der Waals surface area contributed by atoms with Gasteiger partial charge in [-0.05, 0) is 64.9 Å². The third kappa shape index (κ3) is 12.2. The summed E-state index contributed by atoms with van der Waals surface area (Å²) in [7, 11) is 0. The van der Waals surface area contributed by atoms with Crippen molar-refractivity contribution in [1.29, 1.82) is 0 Å². The van der Waals surface area contributed by atoms with Gasteiger partial charge in [-0.15, -0.1) is 23.2 Å². The van der Waals surface area contributed by atoms with Crippen LogP contribution in [0.5, 0.6) is 17.2 Å². The summed E-state index contributed by atoms with van der Waals surface area (Å²) in [5.41, 5.74) is 3.66. The van der Waals surface area contributed by atoms with Gasteiger partial charge in [0.15, 0.2) is 0 Å². The Bertz CT molecular complexity index is 3120. The lowest BCUT2D eigenvalue weighted by molar-refractivity contribution is -0.277. The van der Waals surface area contributed by atoms with E-state index in [0.29, 0.717) is 64.7 Å². The minimum atomic E-state index is -1.68. The van der Waals surface area contributed by atoms with E-state index in [2.05, 4.69) is 5.32 Å². The number of nitrogens with one attached hydrogen (secondary N) is 1. The van der Waals surface area contributed by atoms with Gasteiger partial charge in [-0.25, -0.2) is 0 Å². The number of fused-ring (bicyclic) bond motifs is 6. The van der Waals surface area contributed by atoms with Crippen molar-refractivity contribution in [2.75, 3.05) is 54.4 Å². The fraction of sp³-hybridized carbons (Fsp3) is 0.424. The van der Waals surface area contributed by atoms with Crippen molar-refractivity contribution in [3.05, 3.63) is 113 Å². The second-order valence-electron chi connectivity index (χ2n) is 20.2. The molecule has 3 amide bonds. The van der Waals surface area contributed by atoms with Crippen molar-refractivity contribution in [1.82, 2.24) is 5.32 Å². The Morgan fingerprint density at radius 2 is 1.19 bits per heavy atom. The average Bonchev–Trinajstić information content (AvgIpc) is 4.27. The molecule has 2 saturated heterocycles. The average molecular weight is 1140 g/mol. The lowest BCUT2D eigenvalue weighted by Crippen LogP contribution is -2.60. The van der Waals surface area contributed by atoms with Gasteiger partial charge in [0.2, 0.25) is 18.5 Å². The normalized spacial score (nSPS) is 26.5. The molecule has 80 heavy (non-hydrogen) atoms. The number of aliphatic hydroxyl groups is 7. The Hall–Kier alpha value is -6.20. The van der Waals surface area contributed by atoms with Crippen LogP contribution in [0.4, 0.5) is 11.4 Å². The summed E-state index contributed by atoms with van der Waals surface area (Å²) in [6.45, 7) is 1.75. The van der Waals surface area contributed by atoms with Gasteiger partial charge in [-0.2, -0.15) is 0 Å². The van der Waals surface area contributed by atoms with Crippen molar-refractivity contribution in [3.63, 3.8) is 0 Å². The second-order valence-corrected chi connectivity index (χ2v) is 20.9. The number of unbranched alkanes of at least 4 members (excludes halogenated alkanes) is 2. The first-order valence-electron chi connectivity index (χ1n) is 26.7. The number of nitrogens with zero attached hydrogens (tertiary/aromatic N) is 2. The van der Waals surface area contributed by atoms with Crippen LogP contribution < -0.4 is 29.3 Å². The van der Waals surface area contributed by atoms with Crippen LogP contribution in [0.15, 0.2) is 91.0 Å². The summed E-state index contributed by atoms with van der Waals surface area (Å²) in [4.78, 5) is 55.2. The maximum atomic E-state index is 14.4. The van der Waals surface area contributed by atoms with Gasteiger partial charge in [0.25, 0.3) is 11.8 Å². The predicted octanol–water partition coefficient (Wildman–Crippen LogP) is 4.79. The molecule has 0 bridgehead atoms. The third-order valence-corrected chi connectivity index (χ3v) is 15.8. The molecule has 0 spiro atoms. The maximum Gasteiger partial charge on any atom is 0.251 e. The van der Waals surface area contributed by atoms with E-state index < -0.39 is 73.9 Å². The number of aliphatic hydroxyl groups excluding tert-OH is 7. The van der Waals surface area contributed by atoms with Gasteiger partial charge in [-0.3, -0.25) is 14.4 Å². The number of halogens is 2. The minimum Gasteiger partial charge on any atom is -0.491 e. The Labute approximate surface area is 471 Å². The summed E-state index contributed by atoms with van der Waals surface area (Å²) >= 11 is 13.1. The van der Waals surface area contributed by atoms with E-state index in [4.69, 9.17) is 46.9 Å². The molecule has 0 radical (unpaired) electrons. The molecule has 4 aliphatic heterocycles. The number of carbonyl (C=O) groups excluding carboxylic acids is 4. The highest BCUT2D eigenvalue weighted by atomic mass is 35.5. The zero-order valence-electron chi connectivity index (χ0n) is 43.8. The molecule has 4 heterocycles. The molecule has 21 heteroatoms. The van der Waals surface area contributed by atoms with Crippen molar-refractivity contribution in [3.8, 4) is 17.2 Å². The molecule has 19 nitrogen and oxygen atoms in total. The molecule has 2 fully saturated rings. The van der Waals surface area contributed by atoms with Crippen molar-refractivity contribution < 1.29 is 78.6 Å². The van der Waals surface area contributed by atoms with Crippen LogP contribution in [0.25, 0.3) is 33.7 Å². The molecule has 5 aromatic carbocycles. The largest absolute Gasteiger partial charge is 0.491 e. The Morgan fingerprint density at radius 3 is 1.71 bits per heavy atom. The molecule has 0 aliphatic carbocycles. The van der Waals surface area contributed by atoms with Crippen LogP contribution >= 0.6 is 23.2 Å². The quantitative estimate of drug-likeness (QED) is 0.0212. The Morgan fingerprint density at radius 1 is 0.662 bits per heavy atom. The van der Waals surface area contributed by atoms with E-state index in [-0.39, 0.29) is 79.6 Å². The molecule has 426 valence electrons. The molecule has 1 unspecified atom stereocenters. The summed E-state index contributed by atoms with van der Waals surface area (Å²) in [6, 6.07) is 23.2. The fourth-order valence-electron chi connectivity index (χ4n) is 10.8. The fourth-order valence-corrected chi connectivity index (χ4v) is 11.3. The standard InChI is InChI=1S/C59H65Cl2N3O16/c1-2-42-52(70)54(72)56(74)58(77-42)78-44-25-40-50(38-12-7-5-10-36(38)44)34(27-60)29-63(40)48(68)19-16-32-15-17-33(43(24-32)76-23-21-62-47(67)14-4-3-9-22-65)18-20-49(69)64-30-35(28-61)51-39-13-8-6-11-37(39)45(26-41(51)64)79-59-57(75)55(73)53(71)46(31-66)80-59/h5-8,10-13,15-20,22,24-26,34-35,42,46,52-59,66,70-75H,2-4,9,14,21,23,27-31H2,1H3,(H,62,67)/b19-16+,20-18+/t34-,35-,42-,46-,52-,53-,54+,55+,56-,57-,58?,59-/m1/s1. The Balaban J connectivity index is 0.983. The van der Waals surface area contributed by atoms with Crippen molar-refractivity contribution in [2.24, 2.45) is 0 Å². The number of hydrogen-bond donors (Lipinski definition) is 8. The van der Waals surface area contributed by atoms with Gasteiger partial charge < -0.3 is 79.3 Å². The van der Waals surface area contributed by atoms with E-state index in [1.807, 2.05) is 36.4 Å². The number of anilines is 2. The predicted molar refractivity (Wildman–Crippen MR) is 299 cm³/mol. The first-order chi connectivity index (χ1) is 38.7. The highest BCUT2D eigenvalue weighted by Gasteiger charge is 2.47. The van der Waals surface area contributed by atoms with Crippen LogP contribution in [-0.4, -0.2) is 166 Å². The van der Waals surface area contributed by atoms with E-state index in [9.17, 15) is 54.9 Å². The SMILES string of the molecule is CC[C@H]1OC(Oc2cc3c(c4ccccc24)[C@H](CCl)CN3C(=O)/C=C/c2ccc(/C=C/C(=O)N3C[C@@H](CCl)c4c3cc(O[C@@H]3O[C@H](CO)[C@@H](O)[C@H](O)[C@H]3O)c3ccccc43)c(OCCNC(=O)CCCCC=O)c2)[C@H](O)[C@@H](O)[C@@H]1O. The van der Waals surface area contributed by atoms with Gasteiger partial charge >= 0.3 is 0 Å². The first-order valence-corrected chi connectivity index (χ1v) is 27.8. The number of ether oxygens (including phenoxy) is 5. The van der Waals surface area contributed by atoms with Crippen LogP contribution in [0.1, 0.15) is 73.1 Å². The van der Waals surface area contributed by atoms with Gasteiger partial charge in [0.05, 0.1) is 30.6 Å². The number of rotatable bonds is 21. The van der Waals surface area contributed by atoms with E-state index in [0.717, 1.165) is 28.2 Å². The third-order valence-electron chi connectivity index (χ3n) is 15.1. The molecule has 0 saturated carbocycles. The topological polar surface area (TPSA) is 275 Å². The lowest BCUT2D eigenvalue weighted by atomic mass is 9.95. The molecule has 5 aromatic rings. The molecule has 0 aromatic heterocycles. The van der Waals surface area contributed by atoms with Crippen molar-refractivity contribution in [2.45, 2.75) is 112 Å².